The summed E-state index contributed by atoms with van der Waals surface area (Å²) in [4.78, 5) is 13.0. The Morgan fingerprint density at radius 1 is 1.30 bits per heavy atom. The van der Waals surface area contributed by atoms with Crippen molar-refractivity contribution in [2.75, 3.05) is 32.7 Å². The van der Waals surface area contributed by atoms with Crippen molar-refractivity contribution in [3.05, 3.63) is 39.7 Å². The molecular weight excluding hydrogens is 358 g/mol. The van der Waals surface area contributed by atoms with Gasteiger partial charge in [-0.1, -0.05) is 0 Å². The van der Waals surface area contributed by atoms with Crippen molar-refractivity contribution in [2.45, 2.75) is 46.1 Å². The number of nitrogens with zero attached hydrogens (tertiary/aromatic N) is 3. The van der Waals surface area contributed by atoms with E-state index in [1.54, 1.807) is 11.3 Å². The number of aryl methyl sites for hydroxylation is 2. The number of nitrogens with one attached hydrogen (secondary N) is 2. The molecule has 0 aliphatic carbocycles. The van der Waals surface area contributed by atoms with Crippen molar-refractivity contribution in [2.24, 2.45) is 4.99 Å². The highest BCUT2D eigenvalue weighted by atomic mass is 32.1. The zero-order valence-electron chi connectivity index (χ0n) is 16.6. The van der Waals surface area contributed by atoms with Crippen LogP contribution in [-0.4, -0.2) is 48.6 Å². The van der Waals surface area contributed by atoms with Crippen LogP contribution in [0.5, 0.6) is 0 Å². The van der Waals surface area contributed by atoms with E-state index in [-0.39, 0.29) is 6.04 Å². The summed E-state index contributed by atoms with van der Waals surface area (Å²) in [5.41, 5.74) is 0. The molecule has 1 aliphatic rings. The van der Waals surface area contributed by atoms with Crippen LogP contribution in [0.2, 0.25) is 0 Å². The van der Waals surface area contributed by atoms with Gasteiger partial charge in [-0.3, -0.25) is 9.89 Å². The number of aromatic nitrogens is 1. The van der Waals surface area contributed by atoms with Crippen LogP contribution in [0.1, 0.15) is 47.2 Å². The Hall–Kier alpha value is -1.86. The summed E-state index contributed by atoms with van der Waals surface area (Å²) in [5.74, 6) is 2.84. The highest BCUT2D eigenvalue weighted by Crippen LogP contribution is 2.26. The number of aliphatic imine (C=N–C) groups is 1. The third kappa shape index (κ3) is 5.81. The first-order valence-electron chi connectivity index (χ1n) is 9.89. The Balaban J connectivity index is 1.61. The van der Waals surface area contributed by atoms with E-state index < -0.39 is 0 Å². The Morgan fingerprint density at radius 2 is 2.11 bits per heavy atom. The molecule has 0 bridgehead atoms. The fourth-order valence-corrected chi connectivity index (χ4v) is 4.18. The molecule has 27 heavy (non-hydrogen) atoms. The third-order valence-electron chi connectivity index (χ3n) is 4.74. The minimum absolute atomic E-state index is 0.207. The molecule has 2 aromatic heterocycles. The van der Waals surface area contributed by atoms with Crippen LogP contribution in [0.3, 0.4) is 0 Å². The maximum absolute atomic E-state index is 5.93. The molecule has 0 spiro atoms. The molecular formula is C20H31N5OS. The molecule has 0 radical (unpaired) electrons. The number of rotatable bonds is 8. The molecule has 6 nitrogen and oxygen atoms in total. The fourth-order valence-electron chi connectivity index (χ4n) is 3.40. The molecule has 2 aromatic rings. The standard InChI is InChI=1S/C20H31N5OS/c1-4-21-20(22-10-9-19-23-13-16(3)27-19)24-14-17(25-11-5-6-12-25)18-8-7-15(2)26-18/h7-8,13,17H,4-6,9-12,14H2,1-3H3,(H2,21,22,24). The third-order valence-corrected chi connectivity index (χ3v) is 5.71. The highest BCUT2D eigenvalue weighted by molar-refractivity contribution is 7.11. The number of likely N-dealkylation sites (tertiary alicyclic amines) is 1. The van der Waals surface area contributed by atoms with Crippen LogP contribution in [0.25, 0.3) is 0 Å². The molecule has 148 valence electrons. The van der Waals surface area contributed by atoms with E-state index in [9.17, 15) is 0 Å². The van der Waals surface area contributed by atoms with Gasteiger partial charge in [0.2, 0.25) is 0 Å². The molecule has 2 N–H and O–H groups in total. The molecule has 3 heterocycles. The second-order valence-electron chi connectivity index (χ2n) is 6.97. The summed E-state index contributed by atoms with van der Waals surface area (Å²) in [6.07, 6.45) is 5.36. The minimum Gasteiger partial charge on any atom is -0.465 e. The van der Waals surface area contributed by atoms with E-state index >= 15 is 0 Å². The van der Waals surface area contributed by atoms with Gasteiger partial charge in [0.15, 0.2) is 5.96 Å². The zero-order valence-corrected chi connectivity index (χ0v) is 17.4. The molecule has 1 atom stereocenters. The summed E-state index contributed by atoms with van der Waals surface area (Å²) >= 11 is 1.76. The van der Waals surface area contributed by atoms with Gasteiger partial charge < -0.3 is 15.1 Å². The van der Waals surface area contributed by atoms with Gasteiger partial charge in [0.05, 0.1) is 17.6 Å². The topological polar surface area (TPSA) is 65.7 Å². The molecule has 3 rings (SSSR count). The van der Waals surface area contributed by atoms with Crippen molar-refractivity contribution in [3.63, 3.8) is 0 Å². The number of hydrogen-bond donors (Lipinski definition) is 2. The smallest absolute Gasteiger partial charge is 0.191 e. The minimum atomic E-state index is 0.207. The molecule has 1 unspecified atom stereocenters. The predicted molar refractivity (Wildman–Crippen MR) is 112 cm³/mol. The van der Waals surface area contributed by atoms with Crippen molar-refractivity contribution < 1.29 is 4.42 Å². The lowest BCUT2D eigenvalue weighted by atomic mass is 10.2. The molecule has 0 saturated carbocycles. The Bertz CT molecular complexity index is 732. The second kappa shape index (κ2) is 9.90. The second-order valence-corrected chi connectivity index (χ2v) is 8.29. The SMILES string of the molecule is CCNC(=NCC(c1ccc(C)o1)N1CCCC1)NCCc1ncc(C)s1. The maximum atomic E-state index is 5.93. The van der Waals surface area contributed by atoms with Crippen molar-refractivity contribution in [3.8, 4) is 0 Å². The maximum Gasteiger partial charge on any atom is 0.191 e. The van der Waals surface area contributed by atoms with Gasteiger partial charge in [-0.25, -0.2) is 4.98 Å². The lowest BCUT2D eigenvalue weighted by molar-refractivity contribution is 0.219. The number of guanidine groups is 1. The Morgan fingerprint density at radius 3 is 2.74 bits per heavy atom. The van der Waals surface area contributed by atoms with Gasteiger partial charge in [0, 0.05) is 30.6 Å². The van der Waals surface area contributed by atoms with Crippen molar-refractivity contribution >= 4 is 17.3 Å². The van der Waals surface area contributed by atoms with Gasteiger partial charge in [0.25, 0.3) is 0 Å². The predicted octanol–water partition coefficient (Wildman–Crippen LogP) is 3.29. The average molecular weight is 390 g/mol. The molecule has 1 fully saturated rings. The van der Waals surface area contributed by atoms with Gasteiger partial charge in [-0.05, 0) is 58.8 Å². The molecule has 0 aromatic carbocycles. The fraction of sp³-hybridized carbons (Fsp3) is 0.600. The highest BCUT2D eigenvalue weighted by Gasteiger charge is 2.25. The van der Waals surface area contributed by atoms with Crippen LogP contribution in [0.4, 0.5) is 0 Å². The van der Waals surface area contributed by atoms with Crippen LogP contribution >= 0.6 is 11.3 Å². The summed E-state index contributed by atoms with van der Waals surface area (Å²) < 4.78 is 5.93. The van der Waals surface area contributed by atoms with Crippen molar-refractivity contribution in [1.82, 2.24) is 20.5 Å². The first kappa shape index (κ1) is 19.9. The number of furan rings is 1. The van der Waals surface area contributed by atoms with Gasteiger partial charge >= 0.3 is 0 Å². The lowest BCUT2D eigenvalue weighted by Gasteiger charge is -2.24. The largest absolute Gasteiger partial charge is 0.465 e. The van der Waals surface area contributed by atoms with E-state index in [2.05, 4.69) is 40.4 Å². The van der Waals surface area contributed by atoms with E-state index in [1.165, 1.54) is 17.7 Å². The number of hydrogen-bond acceptors (Lipinski definition) is 5. The first-order valence-corrected chi connectivity index (χ1v) is 10.7. The van der Waals surface area contributed by atoms with Crippen LogP contribution in [0, 0.1) is 13.8 Å². The van der Waals surface area contributed by atoms with Crippen LogP contribution < -0.4 is 10.6 Å². The van der Waals surface area contributed by atoms with Crippen LogP contribution in [-0.2, 0) is 6.42 Å². The Labute approximate surface area is 166 Å². The van der Waals surface area contributed by atoms with E-state index in [4.69, 9.17) is 9.41 Å². The van der Waals surface area contributed by atoms with E-state index in [0.717, 1.165) is 55.1 Å². The molecule has 0 amide bonds. The zero-order chi connectivity index (χ0) is 19.1. The Kier molecular flexibility index (Phi) is 7.29. The molecule has 1 saturated heterocycles. The normalized spacial score (nSPS) is 16.6. The monoisotopic (exact) mass is 389 g/mol. The molecule has 7 heteroatoms. The van der Waals surface area contributed by atoms with E-state index in [1.807, 2.05) is 19.2 Å². The lowest BCUT2D eigenvalue weighted by Crippen LogP contribution is -2.39. The van der Waals surface area contributed by atoms with Crippen molar-refractivity contribution in [1.29, 1.82) is 0 Å². The summed E-state index contributed by atoms with van der Waals surface area (Å²) in [5, 5.41) is 7.95. The average Bonchev–Trinajstić information content (AvgIpc) is 3.39. The first-order chi connectivity index (χ1) is 13.2. The van der Waals surface area contributed by atoms with Crippen LogP contribution in [0.15, 0.2) is 27.7 Å². The van der Waals surface area contributed by atoms with Gasteiger partial charge in [-0.2, -0.15) is 0 Å². The summed E-state index contributed by atoms with van der Waals surface area (Å²) in [6, 6.07) is 4.35. The summed E-state index contributed by atoms with van der Waals surface area (Å²) in [7, 11) is 0. The summed E-state index contributed by atoms with van der Waals surface area (Å²) in [6.45, 7) is 10.8. The van der Waals surface area contributed by atoms with Gasteiger partial charge in [0.1, 0.15) is 11.5 Å². The van der Waals surface area contributed by atoms with E-state index in [0.29, 0.717) is 6.54 Å². The van der Waals surface area contributed by atoms with Gasteiger partial charge in [-0.15, -0.1) is 11.3 Å². The quantitative estimate of drug-likeness (QED) is 0.536. The molecule has 1 aliphatic heterocycles. The number of thiazole rings is 1.